The van der Waals surface area contributed by atoms with Crippen LogP contribution in [0.5, 0.6) is 0 Å². The lowest BCUT2D eigenvalue weighted by molar-refractivity contribution is 0.509. The predicted molar refractivity (Wildman–Crippen MR) is 80.3 cm³/mol. The van der Waals surface area contributed by atoms with Gasteiger partial charge in [-0.25, -0.2) is 4.98 Å². The van der Waals surface area contributed by atoms with Crippen LogP contribution in [0.25, 0.3) is 10.2 Å². The molecule has 19 heavy (non-hydrogen) atoms. The van der Waals surface area contributed by atoms with E-state index < -0.39 is 0 Å². The first-order chi connectivity index (χ1) is 9.10. The maximum atomic E-state index is 12.3. The molecule has 0 amide bonds. The van der Waals surface area contributed by atoms with Gasteiger partial charge < -0.3 is 4.98 Å². The molecule has 3 rings (SSSR count). The number of rotatable bonds is 2. The summed E-state index contributed by atoms with van der Waals surface area (Å²) < 4.78 is 0. The molecular weight excluding hydrogens is 280 g/mol. The summed E-state index contributed by atoms with van der Waals surface area (Å²) in [5.41, 5.74) is 1.20. The van der Waals surface area contributed by atoms with Gasteiger partial charge in [0.15, 0.2) is 0 Å². The highest BCUT2D eigenvalue weighted by Crippen LogP contribution is 2.36. The van der Waals surface area contributed by atoms with Crippen LogP contribution in [-0.2, 0) is 12.8 Å². The Morgan fingerprint density at radius 2 is 2.37 bits per heavy atom. The molecule has 5 heteroatoms. The van der Waals surface area contributed by atoms with Crippen LogP contribution in [0.1, 0.15) is 48.3 Å². The second kappa shape index (κ2) is 4.91. The highest BCUT2D eigenvalue weighted by Gasteiger charge is 2.23. The fourth-order valence-electron chi connectivity index (χ4n) is 2.71. The van der Waals surface area contributed by atoms with E-state index in [1.165, 1.54) is 10.4 Å². The van der Waals surface area contributed by atoms with Crippen molar-refractivity contribution in [3.8, 4) is 0 Å². The lowest BCUT2D eigenvalue weighted by atomic mass is 9.89. The minimum Gasteiger partial charge on any atom is -0.309 e. The minimum atomic E-state index is -0.213. The molecule has 2 aromatic heterocycles. The normalized spacial score (nSPS) is 20.5. The highest BCUT2D eigenvalue weighted by molar-refractivity contribution is 7.18. The standard InChI is InChI=1S/C14H17ClN2OS/c1-3-9(15)12-16-13(18)11-8-5-4-7(2)6-10(8)19-14(11)17-12/h7,9H,3-6H2,1-2H3,(H,16,17,18). The van der Waals surface area contributed by atoms with Crippen molar-refractivity contribution in [1.29, 1.82) is 0 Å². The molecular formula is C14H17ClN2OS. The average Bonchev–Trinajstić information content (AvgIpc) is 2.75. The van der Waals surface area contributed by atoms with Crippen LogP contribution in [0, 0.1) is 5.92 Å². The van der Waals surface area contributed by atoms with Crippen molar-refractivity contribution in [2.24, 2.45) is 5.92 Å². The molecule has 2 aromatic rings. The van der Waals surface area contributed by atoms with Gasteiger partial charge in [0, 0.05) is 4.88 Å². The van der Waals surface area contributed by atoms with Gasteiger partial charge in [-0.2, -0.15) is 0 Å². The van der Waals surface area contributed by atoms with Crippen molar-refractivity contribution >= 4 is 33.2 Å². The second-order valence-corrected chi connectivity index (χ2v) is 6.97. The summed E-state index contributed by atoms with van der Waals surface area (Å²) in [6.45, 7) is 4.26. The van der Waals surface area contributed by atoms with Crippen molar-refractivity contribution in [2.45, 2.75) is 44.9 Å². The summed E-state index contributed by atoms with van der Waals surface area (Å²) in [5, 5.41) is 0.589. The van der Waals surface area contributed by atoms with Crippen LogP contribution < -0.4 is 5.56 Å². The fraction of sp³-hybridized carbons (Fsp3) is 0.571. The third-order valence-corrected chi connectivity index (χ3v) is 5.50. The smallest absolute Gasteiger partial charge is 0.259 e. The van der Waals surface area contributed by atoms with Crippen molar-refractivity contribution in [2.75, 3.05) is 0 Å². The number of H-pyrrole nitrogens is 1. The molecule has 0 fully saturated rings. The molecule has 3 nitrogen and oxygen atoms in total. The second-order valence-electron chi connectivity index (χ2n) is 5.36. The molecule has 0 radical (unpaired) electrons. The van der Waals surface area contributed by atoms with E-state index in [-0.39, 0.29) is 10.9 Å². The van der Waals surface area contributed by atoms with Crippen molar-refractivity contribution in [3.05, 3.63) is 26.6 Å². The molecule has 102 valence electrons. The Morgan fingerprint density at radius 1 is 1.58 bits per heavy atom. The summed E-state index contributed by atoms with van der Waals surface area (Å²) in [5.74, 6) is 1.31. The first-order valence-corrected chi connectivity index (χ1v) is 8.04. The molecule has 2 heterocycles. The number of hydrogen-bond acceptors (Lipinski definition) is 3. The van der Waals surface area contributed by atoms with E-state index in [4.69, 9.17) is 11.6 Å². The molecule has 2 unspecified atom stereocenters. The van der Waals surface area contributed by atoms with E-state index in [2.05, 4.69) is 16.9 Å². The third kappa shape index (κ3) is 2.21. The van der Waals surface area contributed by atoms with Gasteiger partial charge in [0.05, 0.1) is 10.8 Å². The number of aromatic nitrogens is 2. The molecule has 0 aromatic carbocycles. The van der Waals surface area contributed by atoms with E-state index in [1.807, 2.05) is 6.92 Å². The topological polar surface area (TPSA) is 45.8 Å². The molecule has 0 saturated heterocycles. The zero-order chi connectivity index (χ0) is 13.6. The number of fused-ring (bicyclic) bond motifs is 3. The average molecular weight is 297 g/mol. The summed E-state index contributed by atoms with van der Waals surface area (Å²) >= 11 is 7.85. The zero-order valence-electron chi connectivity index (χ0n) is 11.1. The maximum Gasteiger partial charge on any atom is 0.259 e. The van der Waals surface area contributed by atoms with Gasteiger partial charge in [-0.15, -0.1) is 22.9 Å². The van der Waals surface area contributed by atoms with E-state index >= 15 is 0 Å². The molecule has 0 aliphatic heterocycles. The molecule has 1 aliphatic rings. The van der Waals surface area contributed by atoms with Crippen LogP contribution in [0.2, 0.25) is 0 Å². The monoisotopic (exact) mass is 296 g/mol. The molecule has 0 spiro atoms. The van der Waals surface area contributed by atoms with Crippen LogP contribution in [0.15, 0.2) is 4.79 Å². The first-order valence-electron chi connectivity index (χ1n) is 6.78. The van der Waals surface area contributed by atoms with Gasteiger partial charge in [-0.1, -0.05) is 13.8 Å². The Morgan fingerprint density at radius 3 is 3.11 bits per heavy atom. The molecule has 0 bridgehead atoms. The van der Waals surface area contributed by atoms with Gasteiger partial charge in [0.2, 0.25) is 0 Å². The highest BCUT2D eigenvalue weighted by atomic mass is 35.5. The molecule has 1 aliphatic carbocycles. The molecule has 2 atom stereocenters. The number of thiophene rings is 1. The lowest BCUT2D eigenvalue weighted by Crippen LogP contribution is -2.15. The van der Waals surface area contributed by atoms with Crippen LogP contribution >= 0.6 is 22.9 Å². The van der Waals surface area contributed by atoms with Gasteiger partial charge in [-0.05, 0) is 37.2 Å². The Balaban J connectivity index is 2.19. The summed E-state index contributed by atoms with van der Waals surface area (Å²) in [4.78, 5) is 21.9. The first kappa shape index (κ1) is 13.1. The number of nitrogens with zero attached hydrogens (tertiary/aromatic N) is 1. The van der Waals surface area contributed by atoms with E-state index in [9.17, 15) is 4.79 Å². The molecule has 1 N–H and O–H groups in total. The quantitative estimate of drug-likeness (QED) is 0.857. The van der Waals surface area contributed by atoms with Crippen molar-refractivity contribution in [1.82, 2.24) is 9.97 Å². The van der Waals surface area contributed by atoms with Gasteiger partial charge in [-0.3, -0.25) is 4.79 Å². The minimum absolute atomic E-state index is 0.0221. The Labute approximate surface area is 121 Å². The summed E-state index contributed by atoms with van der Waals surface area (Å²) in [6.07, 6.45) is 3.99. The van der Waals surface area contributed by atoms with Gasteiger partial charge in [0.25, 0.3) is 5.56 Å². The van der Waals surface area contributed by atoms with Gasteiger partial charge >= 0.3 is 0 Å². The van der Waals surface area contributed by atoms with Crippen molar-refractivity contribution < 1.29 is 0 Å². The zero-order valence-corrected chi connectivity index (χ0v) is 12.7. The SMILES string of the molecule is CCC(Cl)c1nc2sc3c(c2c(=O)[nH]1)CCC(C)C3. The number of hydrogen-bond donors (Lipinski definition) is 1. The van der Waals surface area contributed by atoms with Crippen LogP contribution in [-0.4, -0.2) is 9.97 Å². The van der Waals surface area contributed by atoms with Crippen LogP contribution in [0.3, 0.4) is 0 Å². The number of aryl methyl sites for hydroxylation is 1. The van der Waals surface area contributed by atoms with E-state index in [1.54, 1.807) is 11.3 Å². The van der Waals surface area contributed by atoms with E-state index in [0.717, 1.165) is 35.9 Å². The third-order valence-electron chi connectivity index (χ3n) is 3.84. The summed E-state index contributed by atoms with van der Waals surface area (Å²) in [6, 6.07) is 0. The number of aromatic amines is 1. The van der Waals surface area contributed by atoms with Crippen LogP contribution in [0.4, 0.5) is 0 Å². The largest absolute Gasteiger partial charge is 0.309 e. The Bertz CT molecular complexity index is 676. The van der Waals surface area contributed by atoms with Crippen molar-refractivity contribution in [3.63, 3.8) is 0 Å². The number of nitrogens with one attached hydrogen (secondary N) is 1. The fourth-order valence-corrected chi connectivity index (χ4v) is 4.20. The molecule has 0 saturated carbocycles. The summed E-state index contributed by atoms with van der Waals surface area (Å²) in [7, 11) is 0. The number of alkyl halides is 1. The van der Waals surface area contributed by atoms with E-state index in [0.29, 0.717) is 11.7 Å². The number of halogens is 1. The Kier molecular flexibility index (Phi) is 3.39. The Hall–Kier alpha value is -0.870. The predicted octanol–water partition coefficient (Wildman–Crippen LogP) is 3.80. The van der Waals surface area contributed by atoms with Gasteiger partial charge in [0.1, 0.15) is 10.7 Å². The lowest BCUT2D eigenvalue weighted by Gasteiger charge is -2.17. The maximum absolute atomic E-state index is 12.3.